The van der Waals surface area contributed by atoms with Crippen molar-refractivity contribution >= 4 is 56.6 Å². The highest BCUT2D eigenvalue weighted by atomic mass is 35.5. The number of benzene rings is 2. The molecular weight excluding hydrogens is 504 g/mol. The van der Waals surface area contributed by atoms with Crippen LogP contribution in [0, 0.1) is 0 Å². The fourth-order valence-electron chi connectivity index (χ4n) is 4.23. The lowest BCUT2D eigenvalue weighted by Gasteiger charge is -2.21. The molecule has 2 aliphatic rings. The molecule has 0 fully saturated rings. The largest absolute Gasteiger partial charge is 0.497 e. The lowest BCUT2D eigenvalue weighted by molar-refractivity contribution is -0.112. The predicted octanol–water partition coefficient (Wildman–Crippen LogP) is 4.29. The second-order valence-corrected chi connectivity index (χ2v) is 10.3. The number of hydrogen-bond acceptors (Lipinski definition) is 8. The molecule has 2 aliphatic heterocycles. The molecule has 0 spiro atoms. The number of hydrogen-bond donors (Lipinski definition) is 1. The summed E-state index contributed by atoms with van der Waals surface area (Å²) >= 11 is 9.00. The lowest BCUT2D eigenvalue weighted by Crippen LogP contribution is -2.22. The maximum Gasteiger partial charge on any atom is 0.279 e. The molecule has 1 unspecified atom stereocenters. The molecule has 1 amide bonds. The number of thiazole rings is 1. The first-order valence-corrected chi connectivity index (χ1v) is 12.8. The molecule has 10 heteroatoms. The Balaban J connectivity index is 1.46. The summed E-state index contributed by atoms with van der Waals surface area (Å²) in [6.07, 6.45) is 0.672. The van der Waals surface area contributed by atoms with Gasteiger partial charge >= 0.3 is 0 Å². The van der Waals surface area contributed by atoms with Crippen LogP contribution >= 0.6 is 34.3 Å². The molecule has 0 bridgehead atoms. The van der Waals surface area contributed by atoms with Gasteiger partial charge in [-0.2, -0.15) is 10.1 Å². The quantitative estimate of drug-likeness (QED) is 0.424. The Labute approximate surface area is 212 Å². The second kappa shape index (κ2) is 8.60. The third-order valence-electron chi connectivity index (χ3n) is 5.90. The number of anilines is 1. The minimum absolute atomic E-state index is 0.132. The molecule has 2 aromatic carbocycles. The smallest absolute Gasteiger partial charge is 0.279 e. The normalized spacial score (nSPS) is 16.9. The SMILES string of the molecule is COc1ccc(C2CC(c3cccs3)=NN2c2nc(O)c(C3=c4cc(Cl)ccc4=NC3=O)s2)cc1. The number of thiophene rings is 1. The topological polar surface area (TPSA) is 87.4 Å². The van der Waals surface area contributed by atoms with E-state index in [0.717, 1.165) is 21.9 Å². The average molecular weight is 521 g/mol. The van der Waals surface area contributed by atoms with Crippen molar-refractivity contribution in [3.8, 4) is 11.6 Å². The average Bonchev–Trinajstić information content (AvgIpc) is 3.64. The van der Waals surface area contributed by atoms with Crippen molar-refractivity contribution < 1.29 is 14.6 Å². The van der Waals surface area contributed by atoms with Crippen molar-refractivity contribution in [1.29, 1.82) is 0 Å². The number of carbonyl (C=O) groups is 1. The number of carbonyl (C=O) groups excluding carboxylic acids is 1. The van der Waals surface area contributed by atoms with Gasteiger partial charge in [0.15, 0.2) is 0 Å². The van der Waals surface area contributed by atoms with Crippen molar-refractivity contribution in [2.45, 2.75) is 12.5 Å². The van der Waals surface area contributed by atoms with Gasteiger partial charge in [-0.05, 0) is 47.3 Å². The van der Waals surface area contributed by atoms with Crippen LogP contribution in [0.4, 0.5) is 5.13 Å². The maximum absolute atomic E-state index is 12.7. The highest BCUT2D eigenvalue weighted by Crippen LogP contribution is 2.43. The number of hydrazone groups is 1. The summed E-state index contributed by atoms with van der Waals surface area (Å²) in [5, 5.41) is 21.6. The Morgan fingerprint density at radius 3 is 2.74 bits per heavy atom. The van der Waals surface area contributed by atoms with Crippen LogP contribution in [0.3, 0.4) is 0 Å². The number of aromatic nitrogens is 1. The molecule has 35 heavy (non-hydrogen) atoms. The lowest BCUT2D eigenvalue weighted by atomic mass is 10.0. The first kappa shape index (κ1) is 22.0. The molecule has 0 radical (unpaired) electrons. The van der Waals surface area contributed by atoms with E-state index in [9.17, 15) is 9.90 Å². The van der Waals surface area contributed by atoms with Crippen LogP contribution in [0.15, 0.2) is 70.1 Å². The number of amides is 1. The molecule has 2 aromatic heterocycles. The van der Waals surface area contributed by atoms with E-state index in [1.165, 1.54) is 11.3 Å². The number of nitrogens with zero attached hydrogens (tertiary/aromatic N) is 4. The summed E-state index contributed by atoms with van der Waals surface area (Å²) in [4.78, 5) is 22.7. The highest BCUT2D eigenvalue weighted by Gasteiger charge is 2.34. The molecule has 0 saturated carbocycles. The van der Waals surface area contributed by atoms with E-state index in [4.69, 9.17) is 21.4 Å². The first-order valence-electron chi connectivity index (χ1n) is 10.7. The molecule has 4 aromatic rings. The van der Waals surface area contributed by atoms with Crippen LogP contribution in [-0.2, 0) is 4.79 Å². The molecule has 4 heterocycles. The fraction of sp³-hybridized carbons (Fsp3) is 0.120. The van der Waals surface area contributed by atoms with Gasteiger partial charge in [0.05, 0.1) is 34.7 Å². The van der Waals surface area contributed by atoms with Crippen molar-refractivity contribution in [2.24, 2.45) is 10.1 Å². The van der Waals surface area contributed by atoms with Crippen molar-refractivity contribution in [1.82, 2.24) is 4.98 Å². The molecule has 7 nitrogen and oxygen atoms in total. The number of ether oxygens (including phenoxy) is 1. The standard InChI is InChI=1S/C25H17ClN4O3S2/c1-33-15-7-4-13(5-8-15)19-12-18(20-3-2-10-34-20)29-30(19)25-28-24(32)22(35-25)21-16-11-14(26)6-9-17(16)27-23(21)31/h2-11,19,32H,12H2,1H3. The minimum Gasteiger partial charge on any atom is -0.497 e. The van der Waals surface area contributed by atoms with Gasteiger partial charge in [-0.25, -0.2) is 10.0 Å². The first-order chi connectivity index (χ1) is 17.0. The second-order valence-electron chi connectivity index (χ2n) is 7.96. The van der Waals surface area contributed by atoms with Crippen molar-refractivity contribution in [3.63, 3.8) is 0 Å². The zero-order valence-electron chi connectivity index (χ0n) is 18.3. The number of methoxy groups -OCH3 is 1. The Hall–Kier alpha value is -3.53. The molecule has 1 N–H and O–H groups in total. The zero-order valence-corrected chi connectivity index (χ0v) is 20.7. The molecule has 1 atom stereocenters. The van der Waals surface area contributed by atoms with E-state index in [-0.39, 0.29) is 11.9 Å². The van der Waals surface area contributed by atoms with E-state index in [1.807, 2.05) is 46.8 Å². The van der Waals surface area contributed by atoms with Crippen LogP contribution in [0.1, 0.15) is 27.8 Å². The van der Waals surface area contributed by atoms with Gasteiger partial charge in [0, 0.05) is 16.7 Å². The number of rotatable bonds is 5. The van der Waals surface area contributed by atoms with E-state index < -0.39 is 5.91 Å². The Morgan fingerprint density at radius 2 is 2.00 bits per heavy atom. The Kier molecular flexibility index (Phi) is 5.40. The zero-order chi connectivity index (χ0) is 24.1. The number of aromatic hydroxyl groups is 1. The molecule has 0 aliphatic carbocycles. The van der Waals surface area contributed by atoms with Gasteiger partial charge in [0.25, 0.3) is 5.91 Å². The minimum atomic E-state index is -0.427. The van der Waals surface area contributed by atoms with Gasteiger partial charge in [-0.3, -0.25) is 4.79 Å². The van der Waals surface area contributed by atoms with Crippen molar-refractivity contribution in [2.75, 3.05) is 12.1 Å². The number of halogens is 1. The fourth-order valence-corrected chi connectivity index (χ4v) is 6.14. The van der Waals surface area contributed by atoms with Crippen LogP contribution < -0.4 is 20.3 Å². The summed E-state index contributed by atoms with van der Waals surface area (Å²) in [6, 6.07) is 16.8. The van der Waals surface area contributed by atoms with E-state index >= 15 is 0 Å². The van der Waals surface area contributed by atoms with Gasteiger partial charge in [0.1, 0.15) is 10.6 Å². The third-order valence-corrected chi connectivity index (χ3v) is 8.11. The maximum atomic E-state index is 12.7. The summed E-state index contributed by atoms with van der Waals surface area (Å²) in [6.45, 7) is 0. The highest BCUT2D eigenvalue weighted by molar-refractivity contribution is 7.17. The van der Waals surface area contributed by atoms with Crippen LogP contribution in [0.25, 0.3) is 5.57 Å². The predicted molar refractivity (Wildman–Crippen MR) is 137 cm³/mol. The Bertz CT molecular complexity index is 1610. The molecule has 174 valence electrons. The third kappa shape index (κ3) is 3.81. The van der Waals surface area contributed by atoms with E-state index in [2.05, 4.69) is 9.98 Å². The molecule has 6 rings (SSSR count). The van der Waals surface area contributed by atoms with Gasteiger partial charge < -0.3 is 9.84 Å². The summed E-state index contributed by atoms with van der Waals surface area (Å²) in [7, 11) is 1.63. The molecular formula is C25H17ClN4O3S2. The monoisotopic (exact) mass is 520 g/mol. The van der Waals surface area contributed by atoms with Crippen LogP contribution in [0.2, 0.25) is 5.02 Å². The van der Waals surface area contributed by atoms with Crippen LogP contribution in [-0.4, -0.2) is 28.8 Å². The molecule has 0 saturated heterocycles. The van der Waals surface area contributed by atoms with E-state index in [1.54, 1.807) is 36.6 Å². The summed E-state index contributed by atoms with van der Waals surface area (Å²) < 4.78 is 5.31. The Morgan fingerprint density at radius 1 is 1.17 bits per heavy atom. The number of fused-ring (bicyclic) bond motifs is 1. The van der Waals surface area contributed by atoms with Crippen molar-refractivity contribution in [3.05, 3.63) is 90.9 Å². The van der Waals surface area contributed by atoms with Gasteiger partial charge in [-0.1, -0.05) is 41.1 Å². The summed E-state index contributed by atoms with van der Waals surface area (Å²) in [5.74, 6) is 0.109. The summed E-state index contributed by atoms with van der Waals surface area (Å²) in [5.41, 5.74) is 2.27. The van der Waals surface area contributed by atoms with E-state index in [0.29, 0.717) is 37.6 Å². The van der Waals surface area contributed by atoms with Gasteiger partial charge in [-0.15, -0.1) is 11.3 Å². The van der Waals surface area contributed by atoms with Gasteiger partial charge in [0.2, 0.25) is 11.0 Å². The van der Waals surface area contributed by atoms with Crippen LogP contribution in [0.5, 0.6) is 11.6 Å².